The number of carbonyl (C=O) groups excluding carboxylic acids is 1. The zero-order valence-electron chi connectivity index (χ0n) is 17.4. The van der Waals surface area contributed by atoms with E-state index in [2.05, 4.69) is 26.3 Å². The highest BCUT2D eigenvalue weighted by Gasteiger charge is 2.28. The lowest BCUT2D eigenvalue weighted by Gasteiger charge is -2.21. The van der Waals surface area contributed by atoms with Gasteiger partial charge in [-0.05, 0) is 49.6 Å². The molecular weight excluding hydrogens is 394 g/mol. The van der Waals surface area contributed by atoms with Crippen molar-refractivity contribution in [2.75, 3.05) is 24.2 Å². The Labute approximate surface area is 182 Å². The summed E-state index contributed by atoms with van der Waals surface area (Å²) in [5.41, 5.74) is 2.65. The van der Waals surface area contributed by atoms with Gasteiger partial charge >= 0.3 is 0 Å². The molecule has 156 valence electrons. The molecule has 1 aliphatic carbocycles. The molecule has 0 atom stereocenters. The molecule has 1 saturated carbocycles. The maximum absolute atomic E-state index is 12.9. The molecule has 0 radical (unpaired) electrons. The second-order valence-corrected chi connectivity index (χ2v) is 8.77. The van der Waals surface area contributed by atoms with E-state index in [4.69, 9.17) is 0 Å². The molecule has 3 heterocycles. The van der Waals surface area contributed by atoms with Gasteiger partial charge < -0.3 is 10.2 Å². The van der Waals surface area contributed by atoms with Crippen LogP contribution in [0.25, 0.3) is 0 Å². The van der Waals surface area contributed by atoms with E-state index in [0.717, 1.165) is 43.0 Å². The van der Waals surface area contributed by atoms with Crippen LogP contribution in [-0.2, 0) is 6.54 Å². The Morgan fingerprint density at radius 3 is 2.63 bits per heavy atom. The second-order valence-electron chi connectivity index (χ2n) is 7.97. The quantitative estimate of drug-likeness (QED) is 0.702. The number of carbonyl (C=O) groups is 1. The molecule has 2 aromatic heterocycles. The largest absolute Gasteiger partial charge is 0.357 e. The van der Waals surface area contributed by atoms with Gasteiger partial charge in [-0.25, -0.2) is 9.97 Å². The summed E-state index contributed by atoms with van der Waals surface area (Å²) in [7, 11) is 0. The predicted octanol–water partition coefficient (Wildman–Crippen LogP) is 4.26. The Morgan fingerprint density at radius 1 is 1.27 bits per heavy atom. The molecule has 1 amide bonds. The maximum Gasteiger partial charge on any atom is 0.253 e. The van der Waals surface area contributed by atoms with Crippen LogP contribution < -0.4 is 10.2 Å². The average molecular weight is 422 g/mol. The number of anilines is 1. The van der Waals surface area contributed by atoms with Crippen molar-refractivity contribution in [3.8, 4) is 6.07 Å². The van der Waals surface area contributed by atoms with Gasteiger partial charge in [0.15, 0.2) is 0 Å². The summed E-state index contributed by atoms with van der Waals surface area (Å²) in [5.74, 6) is 1.19. The smallest absolute Gasteiger partial charge is 0.253 e. The molecule has 0 aromatic carbocycles. The van der Waals surface area contributed by atoms with Crippen molar-refractivity contribution in [1.82, 2.24) is 15.3 Å². The van der Waals surface area contributed by atoms with Crippen LogP contribution in [0, 0.1) is 11.3 Å². The molecule has 2 fully saturated rings. The summed E-state index contributed by atoms with van der Waals surface area (Å²) in [5, 5.41) is 13.2. The fraction of sp³-hybridized carbons (Fsp3) is 0.478. The Bertz CT molecular complexity index is 941. The minimum Gasteiger partial charge on any atom is -0.357 e. The molecule has 1 aliphatic heterocycles. The van der Waals surface area contributed by atoms with E-state index in [1.54, 1.807) is 6.07 Å². The molecule has 1 saturated heterocycles. The number of rotatable bonds is 6. The van der Waals surface area contributed by atoms with Crippen molar-refractivity contribution in [2.24, 2.45) is 0 Å². The van der Waals surface area contributed by atoms with Gasteiger partial charge in [-0.3, -0.25) is 4.79 Å². The van der Waals surface area contributed by atoms with Crippen molar-refractivity contribution >= 4 is 23.5 Å². The first-order valence-electron chi connectivity index (χ1n) is 10.7. The first-order chi connectivity index (χ1) is 14.7. The predicted molar refractivity (Wildman–Crippen MR) is 119 cm³/mol. The third kappa shape index (κ3) is 4.76. The van der Waals surface area contributed by atoms with Gasteiger partial charge in [-0.2, -0.15) is 5.26 Å². The number of hydrogen-bond acceptors (Lipinski definition) is 6. The van der Waals surface area contributed by atoms with Gasteiger partial charge in [0.2, 0.25) is 0 Å². The Kier molecular flexibility index (Phi) is 6.53. The molecule has 0 spiro atoms. The van der Waals surface area contributed by atoms with Crippen LogP contribution in [0.1, 0.15) is 71.6 Å². The number of aromatic nitrogens is 2. The van der Waals surface area contributed by atoms with Crippen molar-refractivity contribution in [2.45, 2.75) is 56.0 Å². The highest BCUT2D eigenvalue weighted by Crippen LogP contribution is 2.40. The van der Waals surface area contributed by atoms with Crippen LogP contribution in [0.15, 0.2) is 29.4 Å². The number of nitrogens with one attached hydrogen (secondary N) is 1. The summed E-state index contributed by atoms with van der Waals surface area (Å²) in [4.78, 5) is 24.4. The minimum atomic E-state index is -0.234. The molecule has 7 heteroatoms. The number of thioether (sulfide) groups is 1. The molecule has 1 N–H and O–H groups in total. The lowest BCUT2D eigenvalue weighted by molar-refractivity contribution is 0.0950. The normalized spacial score (nSPS) is 16.6. The molecule has 0 bridgehead atoms. The van der Waals surface area contributed by atoms with E-state index >= 15 is 0 Å². The van der Waals surface area contributed by atoms with E-state index < -0.39 is 0 Å². The van der Waals surface area contributed by atoms with E-state index in [0.29, 0.717) is 28.6 Å². The van der Waals surface area contributed by atoms with Crippen molar-refractivity contribution in [1.29, 1.82) is 5.26 Å². The van der Waals surface area contributed by atoms with Crippen LogP contribution in [0.3, 0.4) is 0 Å². The first-order valence-corrected chi connectivity index (χ1v) is 11.9. The maximum atomic E-state index is 12.9. The number of pyridine rings is 2. The molecule has 30 heavy (non-hydrogen) atoms. The van der Waals surface area contributed by atoms with Gasteiger partial charge in [0, 0.05) is 37.4 Å². The summed E-state index contributed by atoms with van der Waals surface area (Å²) in [6.45, 7) is 2.50. The van der Waals surface area contributed by atoms with Crippen LogP contribution in [-0.4, -0.2) is 35.2 Å². The van der Waals surface area contributed by atoms with Gasteiger partial charge in [0.25, 0.3) is 5.91 Å². The minimum absolute atomic E-state index is 0.234. The van der Waals surface area contributed by atoms with Gasteiger partial charge in [0.05, 0.1) is 11.1 Å². The summed E-state index contributed by atoms with van der Waals surface area (Å²) < 4.78 is 0. The van der Waals surface area contributed by atoms with E-state index in [1.165, 1.54) is 37.4 Å². The summed E-state index contributed by atoms with van der Waals surface area (Å²) in [6, 6.07) is 8.03. The zero-order valence-corrected chi connectivity index (χ0v) is 18.2. The second kappa shape index (κ2) is 9.48. The van der Waals surface area contributed by atoms with Crippen LogP contribution in [0.4, 0.5) is 5.82 Å². The lowest BCUT2D eigenvalue weighted by Crippen LogP contribution is -2.26. The third-order valence-electron chi connectivity index (χ3n) is 5.74. The van der Waals surface area contributed by atoms with Crippen molar-refractivity contribution in [3.63, 3.8) is 0 Å². The lowest BCUT2D eigenvalue weighted by atomic mass is 10.1. The van der Waals surface area contributed by atoms with E-state index in [1.807, 2.05) is 24.6 Å². The molecular formula is C23H27N5OS. The van der Waals surface area contributed by atoms with Gasteiger partial charge in [0.1, 0.15) is 16.9 Å². The fourth-order valence-corrected chi connectivity index (χ4v) is 4.41. The first kappa shape index (κ1) is 20.7. The highest BCUT2D eigenvalue weighted by atomic mass is 32.2. The van der Waals surface area contributed by atoms with Gasteiger partial charge in [-0.15, -0.1) is 11.8 Å². The number of nitriles is 1. The summed E-state index contributed by atoms with van der Waals surface area (Å²) >= 11 is 1.41. The van der Waals surface area contributed by atoms with Crippen molar-refractivity contribution in [3.05, 3.63) is 46.8 Å². The SMILES string of the molecule is CSc1nc(C2CC2)cc(C(=O)NCc2ccc(N3CCCCCC3)nc2)c1C#N. The Hall–Kier alpha value is -2.59. The number of hydrogen-bond donors (Lipinski definition) is 1. The molecule has 4 rings (SSSR count). The van der Waals surface area contributed by atoms with Crippen LogP contribution in [0.5, 0.6) is 0 Å². The number of nitrogens with zero attached hydrogens (tertiary/aromatic N) is 4. The van der Waals surface area contributed by atoms with Crippen LogP contribution >= 0.6 is 11.8 Å². The highest BCUT2D eigenvalue weighted by molar-refractivity contribution is 7.98. The van der Waals surface area contributed by atoms with E-state index in [-0.39, 0.29) is 5.91 Å². The molecule has 0 unspecified atom stereocenters. The molecule has 2 aliphatic rings. The van der Waals surface area contributed by atoms with Crippen LogP contribution in [0.2, 0.25) is 0 Å². The third-order valence-corrected chi connectivity index (χ3v) is 6.43. The zero-order chi connectivity index (χ0) is 20.9. The Morgan fingerprint density at radius 2 is 2.03 bits per heavy atom. The van der Waals surface area contributed by atoms with Gasteiger partial charge in [-0.1, -0.05) is 18.9 Å². The fourth-order valence-electron chi connectivity index (χ4n) is 3.85. The monoisotopic (exact) mass is 421 g/mol. The Balaban J connectivity index is 1.44. The summed E-state index contributed by atoms with van der Waals surface area (Å²) in [6.07, 6.45) is 10.9. The average Bonchev–Trinajstić information content (AvgIpc) is 3.64. The topological polar surface area (TPSA) is 81.9 Å². The molecule has 6 nitrogen and oxygen atoms in total. The standard InChI is InChI=1S/C23H27N5OS/c1-30-23-19(13-24)18(12-20(27-23)17-7-8-17)22(29)26-15-16-6-9-21(25-14-16)28-10-4-2-3-5-11-28/h6,9,12,14,17H,2-5,7-8,10-11,15H2,1H3,(H,26,29). The van der Waals surface area contributed by atoms with Crippen molar-refractivity contribution < 1.29 is 4.79 Å². The molecule has 2 aromatic rings. The van der Waals surface area contributed by atoms with E-state index in [9.17, 15) is 10.1 Å². The number of amides is 1.